The minimum Gasteiger partial charge on any atom is -0.393 e. The highest BCUT2D eigenvalue weighted by Crippen LogP contribution is 2.29. The van der Waals surface area contributed by atoms with Gasteiger partial charge in [-0.25, -0.2) is 13.1 Å². The SMILES string of the molecule is Cc1cc(S(=O)(=O)NCC(C)C(N)=S)sc1Cl. The quantitative estimate of drug-likeness (QED) is 0.815. The van der Waals surface area contributed by atoms with Gasteiger partial charge in [0.2, 0.25) is 10.0 Å². The first-order chi connectivity index (χ1) is 7.74. The fraction of sp³-hybridized carbons (Fsp3) is 0.444. The van der Waals surface area contributed by atoms with E-state index in [1.165, 1.54) is 0 Å². The summed E-state index contributed by atoms with van der Waals surface area (Å²) in [6.45, 7) is 3.71. The molecule has 96 valence electrons. The number of nitrogens with one attached hydrogen (secondary N) is 1. The van der Waals surface area contributed by atoms with E-state index in [2.05, 4.69) is 4.72 Å². The Morgan fingerprint density at radius 1 is 1.71 bits per heavy atom. The lowest BCUT2D eigenvalue weighted by molar-refractivity contribution is 0.577. The molecule has 3 N–H and O–H groups in total. The van der Waals surface area contributed by atoms with Gasteiger partial charge in [0.15, 0.2) is 0 Å². The second-order valence-electron chi connectivity index (χ2n) is 3.68. The Morgan fingerprint density at radius 2 is 2.29 bits per heavy atom. The molecule has 1 heterocycles. The van der Waals surface area contributed by atoms with Crippen molar-refractivity contribution in [3.8, 4) is 0 Å². The van der Waals surface area contributed by atoms with Crippen molar-refractivity contribution >= 4 is 50.2 Å². The van der Waals surface area contributed by atoms with Gasteiger partial charge in [-0.1, -0.05) is 30.7 Å². The molecule has 1 atom stereocenters. The Hall–Kier alpha value is -0.210. The van der Waals surface area contributed by atoms with Gasteiger partial charge in [-0.2, -0.15) is 0 Å². The van der Waals surface area contributed by atoms with E-state index >= 15 is 0 Å². The van der Waals surface area contributed by atoms with Crippen molar-refractivity contribution in [3.05, 3.63) is 16.0 Å². The van der Waals surface area contributed by atoms with Crippen LogP contribution >= 0.6 is 35.2 Å². The Balaban J connectivity index is 2.79. The molecule has 1 rings (SSSR count). The van der Waals surface area contributed by atoms with E-state index < -0.39 is 10.0 Å². The van der Waals surface area contributed by atoms with Crippen LogP contribution in [0, 0.1) is 12.8 Å². The topological polar surface area (TPSA) is 72.2 Å². The zero-order valence-electron chi connectivity index (χ0n) is 9.36. The molecule has 0 aliphatic heterocycles. The van der Waals surface area contributed by atoms with Crippen molar-refractivity contribution in [1.82, 2.24) is 4.72 Å². The maximum Gasteiger partial charge on any atom is 0.250 e. The van der Waals surface area contributed by atoms with Gasteiger partial charge in [0.05, 0.1) is 9.32 Å². The fourth-order valence-electron chi connectivity index (χ4n) is 0.971. The molecular formula is C9H13ClN2O2S3. The summed E-state index contributed by atoms with van der Waals surface area (Å²) < 4.78 is 26.9. The molecule has 4 nitrogen and oxygen atoms in total. The summed E-state index contributed by atoms with van der Waals surface area (Å²) >= 11 is 11.6. The molecule has 0 aromatic carbocycles. The number of nitrogens with two attached hydrogens (primary N) is 1. The maximum absolute atomic E-state index is 11.9. The van der Waals surface area contributed by atoms with Crippen LogP contribution in [0.1, 0.15) is 12.5 Å². The van der Waals surface area contributed by atoms with E-state index in [1.54, 1.807) is 19.9 Å². The molecule has 8 heteroatoms. The van der Waals surface area contributed by atoms with E-state index in [-0.39, 0.29) is 21.7 Å². The largest absolute Gasteiger partial charge is 0.393 e. The number of hydrogen-bond donors (Lipinski definition) is 2. The van der Waals surface area contributed by atoms with Crippen molar-refractivity contribution in [2.75, 3.05) is 6.54 Å². The molecule has 0 spiro atoms. The van der Waals surface area contributed by atoms with Crippen molar-refractivity contribution in [3.63, 3.8) is 0 Å². The van der Waals surface area contributed by atoms with Crippen molar-refractivity contribution in [2.45, 2.75) is 18.1 Å². The highest BCUT2D eigenvalue weighted by Gasteiger charge is 2.19. The van der Waals surface area contributed by atoms with E-state index in [0.717, 1.165) is 16.9 Å². The minimum absolute atomic E-state index is 0.184. The third-order valence-corrected chi connectivity index (χ3v) is 6.02. The first-order valence-corrected chi connectivity index (χ1v) is 7.87. The Bertz CT molecular complexity index is 505. The number of hydrogen-bond acceptors (Lipinski definition) is 4. The number of thiophene rings is 1. The van der Waals surface area contributed by atoms with Crippen molar-refractivity contribution in [2.24, 2.45) is 11.7 Å². The zero-order valence-corrected chi connectivity index (χ0v) is 12.6. The molecule has 0 radical (unpaired) electrons. The lowest BCUT2D eigenvalue weighted by Gasteiger charge is -2.10. The number of rotatable bonds is 5. The van der Waals surface area contributed by atoms with Crippen LogP contribution in [0.15, 0.2) is 10.3 Å². The highest BCUT2D eigenvalue weighted by atomic mass is 35.5. The van der Waals surface area contributed by atoms with Crippen LogP contribution in [0.3, 0.4) is 0 Å². The average Bonchev–Trinajstić information content (AvgIpc) is 2.56. The molecule has 0 saturated heterocycles. The lowest BCUT2D eigenvalue weighted by Crippen LogP contribution is -2.33. The summed E-state index contributed by atoms with van der Waals surface area (Å²) in [6.07, 6.45) is 0. The summed E-state index contributed by atoms with van der Waals surface area (Å²) in [5.74, 6) is -0.184. The summed E-state index contributed by atoms with van der Waals surface area (Å²) in [5, 5.41) is 0. The smallest absolute Gasteiger partial charge is 0.250 e. The van der Waals surface area contributed by atoms with E-state index in [0.29, 0.717) is 4.34 Å². The monoisotopic (exact) mass is 312 g/mol. The van der Waals surface area contributed by atoms with Crippen molar-refractivity contribution < 1.29 is 8.42 Å². The van der Waals surface area contributed by atoms with Crippen LogP contribution < -0.4 is 10.5 Å². The summed E-state index contributed by atoms with van der Waals surface area (Å²) in [6, 6.07) is 1.54. The van der Waals surface area contributed by atoms with Crippen LogP contribution in [0.4, 0.5) is 0 Å². The summed E-state index contributed by atoms with van der Waals surface area (Å²) in [5.41, 5.74) is 6.16. The van der Waals surface area contributed by atoms with Crippen LogP contribution in [0.25, 0.3) is 0 Å². The predicted molar refractivity (Wildman–Crippen MR) is 75.2 cm³/mol. The van der Waals surface area contributed by atoms with Crippen molar-refractivity contribution in [1.29, 1.82) is 0 Å². The summed E-state index contributed by atoms with van der Waals surface area (Å²) in [4.78, 5) is 0.285. The predicted octanol–water partition coefficient (Wildman–Crippen LogP) is 1.91. The lowest BCUT2D eigenvalue weighted by atomic mass is 10.2. The van der Waals surface area contributed by atoms with Gasteiger partial charge >= 0.3 is 0 Å². The second kappa shape index (κ2) is 5.62. The van der Waals surface area contributed by atoms with Crippen LogP contribution in [0.5, 0.6) is 0 Å². The number of aryl methyl sites for hydroxylation is 1. The van der Waals surface area contributed by atoms with Gasteiger partial charge in [0.25, 0.3) is 0 Å². The molecule has 0 aliphatic carbocycles. The third-order valence-electron chi connectivity index (χ3n) is 2.16. The van der Waals surface area contributed by atoms with Crippen LogP contribution in [0.2, 0.25) is 4.34 Å². The minimum atomic E-state index is -3.52. The molecule has 17 heavy (non-hydrogen) atoms. The van der Waals surface area contributed by atoms with Gasteiger partial charge in [-0.05, 0) is 18.6 Å². The Morgan fingerprint density at radius 3 is 2.71 bits per heavy atom. The first kappa shape index (κ1) is 14.8. The van der Waals surface area contributed by atoms with Crippen LogP contribution in [-0.4, -0.2) is 20.0 Å². The van der Waals surface area contributed by atoms with E-state index in [1.807, 2.05) is 0 Å². The number of sulfonamides is 1. The molecule has 1 unspecified atom stereocenters. The zero-order chi connectivity index (χ0) is 13.2. The normalized spacial score (nSPS) is 13.6. The second-order valence-corrected chi connectivity index (χ2v) is 7.80. The average molecular weight is 313 g/mol. The fourth-order valence-corrected chi connectivity index (χ4v) is 3.94. The standard InChI is InChI=1S/C9H13ClN2O2S3/c1-5-3-7(16-8(5)10)17(13,14)12-4-6(2)9(11)15/h3,6,12H,4H2,1-2H3,(H2,11,15). The molecule has 1 aromatic heterocycles. The molecule has 0 aliphatic rings. The van der Waals surface area contributed by atoms with Gasteiger partial charge < -0.3 is 5.73 Å². The van der Waals surface area contributed by atoms with Gasteiger partial charge in [0, 0.05) is 12.5 Å². The number of thiocarbonyl (C=S) groups is 1. The Kier molecular flexibility index (Phi) is 4.91. The summed E-state index contributed by atoms with van der Waals surface area (Å²) in [7, 11) is -3.52. The molecule has 0 amide bonds. The van der Waals surface area contributed by atoms with Gasteiger partial charge in [-0.15, -0.1) is 11.3 Å². The maximum atomic E-state index is 11.9. The van der Waals surface area contributed by atoms with Gasteiger partial charge in [0.1, 0.15) is 4.21 Å². The molecule has 0 bridgehead atoms. The molecule has 0 saturated carbocycles. The van der Waals surface area contributed by atoms with E-state index in [4.69, 9.17) is 29.6 Å². The first-order valence-electron chi connectivity index (χ1n) is 4.79. The number of halogens is 1. The van der Waals surface area contributed by atoms with Gasteiger partial charge in [-0.3, -0.25) is 0 Å². The molecular weight excluding hydrogens is 300 g/mol. The van der Waals surface area contributed by atoms with Crippen LogP contribution in [-0.2, 0) is 10.0 Å². The molecule has 0 fully saturated rings. The Labute approximate surface area is 115 Å². The van der Waals surface area contributed by atoms with E-state index in [9.17, 15) is 8.42 Å². The highest BCUT2D eigenvalue weighted by molar-refractivity contribution is 7.91. The molecule has 1 aromatic rings. The third kappa shape index (κ3) is 3.89.